The van der Waals surface area contributed by atoms with Crippen LogP contribution in [0.25, 0.3) is 10.9 Å². The molecule has 0 aliphatic rings. The fraction of sp³-hybridized carbons (Fsp3) is 0.0909. The zero-order valence-electron chi connectivity index (χ0n) is 15.0. The Labute approximate surface area is 172 Å². The van der Waals surface area contributed by atoms with Crippen molar-refractivity contribution in [3.8, 4) is 5.75 Å². The number of nitrogens with one attached hydrogen (secondary N) is 1. The van der Waals surface area contributed by atoms with Crippen LogP contribution in [0.15, 0.2) is 66.9 Å². The summed E-state index contributed by atoms with van der Waals surface area (Å²) in [5, 5.41) is 16.5. The summed E-state index contributed by atoms with van der Waals surface area (Å²) < 4.78 is 0. The number of rotatable bonds is 4. The first kappa shape index (κ1) is 18.5. The maximum absolute atomic E-state index is 10.9. The van der Waals surface area contributed by atoms with E-state index in [1.165, 1.54) is 0 Å². The molecular formula is C22H17Cl2N3O. The van der Waals surface area contributed by atoms with Gasteiger partial charge in [-0.05, 0) is 42.8 Å². The third-order valence-electron chi connectivity index (χ3n) is 4.61. The average Bonchev–Trinajstić information content (AvgIpc) is 2.70. The van der Waals surface area contributed by atoms with Crippen molar-refractivity contribution in [2.45, 2.75) is 13.0 Å². The molecule has 0 amide bonds. The lowest BCUT2D eigenvalue weighted by atomic mass is 9.96. The molecule has 0 radical (unpaired) electrons. The molecule has 2 aromatic carbocycles. The first-order chi connectivity index (χ1) is 13.5. The van der Waals surface area contributed by atoms with Gasteiger partial charge in [0.05, 0.1) is 16.8 Å². The largest absolute Gasteiger partial charge is 0.505 e. The quantitative estimate of drug-likeness (QED) is 0.424. The monoisotopic (exact) mass is 409 g/mol. The number of fused-ring (bicyclic) bond motifs is 1. The lowest BCUT2D eigenvalue weighted by Crippen LogP contribution is -2.14. The lowest BCUT2D eigenvalue weighted by molar-refractivity contribution is 0.471. The summed E-state index contributed by atoms with van der Waals surface area (Å²) in [5.74, 6) is 0.790. The molecule has 0 bridgehead atoms. The van der Waals surface area contributed by atoms with Gasteiger partial charge in [0, 0.05) is 22.2 Å². The van der Waals surface area contributed by atoms with Crippen LogP contribution in [-0.2, 0) is 0 Å². The molecule has 2 heterocycles. The van der Waals surface area contributed by atoms with Crippen molar-refractivity contribution < 1.29 is 5.11 Å². The van der Waals surface area contributed by atoms with Crippen molar-refractivity contribution in [2.75, 3.05) is 5.32 Å². The fourth-order valence-corrected chi connectivity index (χ4v) is 3.38. The third kappa shape index (κ3) is 3.61. The number of hydrogen-bond acceptors (Lipinski definition) is 4. The molecule has 2 aromatic heterocycles. The van der Waals surface area contributed by atoms with Gasteiger partial charge in [0.15, 0.2) is 0 Å². The predicted octanol–water partition coefficient (Wildman–Crippen LogP) is 6.15. The molecule has 0 fully saturated rings. The molecule has 0 saturated carbocycles. The SMILES string of the molecule is Cc1nc(NC(c2ccc(Cl)cc2)c2ccc3cccnc3c2O)ccc1Cl. The van der Waals surface area contributed by atoms with E-state index < -0.39 is 0 Å². The topological polar surface area (TPSA) is 58.0 Å². The highest BCUT2D eigenvalue weighted by molar-refractivity contribution is 6.31. The van der Waals surface area contributed by atoms with Gasteiger partial charge >= 0.3 is 0 Å². The summed E-state index contributed by atoms with van der Waals surface area (Å²) >= 11 is 12.2. The highest BCUT2D eigenvalue weighted by Gasteiger charge is 2.20. The van der Waals surface area contributed by atoms with Gasteiger partial charge in [-0.2, -0.15) is 0 Å². The Morgan fingerprint density at radius 2 is 1.75 bits per heavy atom. The Hall–Kier alpha value is -2.82. The molecule has 1 unspecified atom stereocenters. The van der Waals surface area contributed by atoms with Crippen LogP contribution in [-0.4, -0.2) is 15.1 Å². The number of nitrogens with zero attached hydrogens (tertiary/aromatic N) is 2. The second-order valence-electron chi connectivity index (χ2n) is 6.47. The molecule has 4 nitrogen and oxygen atoms in total. The number of anilines is 1. The van der Waals surface area contributed by atoms with Crippen LogP contribution < -0.4 is 5.32 Å². The van der Waals surface area contributed by atoms with Crippen LogP contribution in [0.2, 0.25) is 10.0 Å². The number of phenols is 1. The zero-order chi connectivity index (χ0) is 19.7. The van der Waals surface area contributed by atoms with Crippen LogP contribution in [0.3, 0.4) is 0 Å². The van der Waals surface area contributed by atoms with Gasteiger partial charge in [0.25, 0.3) is 0 Å². The fourth-order valence-electron chi connectivity index (χ4n) is 3.15. The molecule has 1 atom stereocenters. The summed E-state index contributed by atoms with van der Waals surface area (Å²) in [6.45, 7) is 1.85. The van der Waals surface area contributed by atoms with Crippen molar-refractivity contribution in [3.05, 3.63) is 93.7 Å². The summed E-state index contributed by atoms with van der Waals surface area (Å²) in [5.41, 5.74) is 2.92. The van der Waals surface area contributed by atoms with Crippen LogP contribution >= 0.6 is 23.2 Å². The molecule has 6 heteroatoms. The van der Waals surface area contributed by atoms with Gasteiger partial charge in [-0.3, -0.25) is 4.98 Å². The number of aromatic hydroxyl groups is 1. The maximum atomic E-state index is 10.9. The molecule has 0 aliphatic carbocycles. The molecule has 0 saturated heterocycles. The number of phenolic OH excluding ortho intramolecular Hbond substituents is 1. The molecule has 4 aromatic rings. The number of benzene rings is 2. The van der Waals surface area contributed by atoms with Gasteiger partial charge in [0.2, 0.25) is 0 Å². The molecule has 140 valence electrons. The highest BCUT2D eigenvalue weighted by Crippen LogP contribution is 2.36. The zero-order valence-corrected chi connectivity index (χ0v) is 16.5. The average molecular weight is 410 g/mol. The maximum Gasteiger partial charge on any atom is 0.147 e. The molecule has 2 N–H and O–H groups in total. The number of halogens is 2. The second-order valence-corrected chi connectivity index (χ2v) is 7.31. The molecule has 4 rings (SSSR count). The standard InChI is InChI=1S/C22H17Cl2N3O/c1-13-18(24)10-11-19(26-13)27-20(15-4-7-16(23)8-5-15)17-9-6-14-3-2-12-25-21(14)22(17)28/h2-12,20,28H,1H3,(H,26,27). The normalized spacial score (nSPS) is 12.1. The molecule has 0 aliphatic heterocycles. The Bertz CT molecular complexity index is 1150. The minimum absolute atomic E-state index is 0.135. The second kappa shape index (κ2) is 7.66. The molecular weight excluding hydrogens is 393 g/mol. The van der Waals surface area contributed by atoms with Gasteiger partial charge in [-0.15, -0.1) is 0 Å². The summed E-state index contributed by atoms with van der Waals surface area (Å²) in [6, 6.07) is 18.4. The van der Waals surface area contributed by atoms with E-state index in [1.807, 2.05) is 61.5 Å². The Morgan fingerprint density at radius 1 is 0.964 bits per heavy atom. The van der Waals surface area contributed by atoms with E-state index in [4.69, 9.17) is 23.2 Å². The van der Waals surface area contributed by atoms with Gasteiger partial charge in [-0.25, -0.2) is 4.98 Å². The predicted molar refractivity (Wildman–Crippen MR) is 114 cm³/mol. The molecule has 28 heavy (non-hydrogen) atoms. The number of hydrogen-bond donors (Lipinski definition) is 2. The summed E-state index contributed by atoms with van der Waals surface area (Å²) in [7, 11) is 0. The van der Waals surface area contributed by atoms with E-state index in [-0.39, 0.29) is 11.8 Å². The number of aryl methyl sites for hydroxylation is 1. The molecule has 0 spiro atoms. The van der Waals surface area contributed by atoms with Crippen molar-refractivity contribution in [2.24, 2.45) is 0 Å². The van der Waals surface area contributed by atoms with Crippen molar-refractivity contribution in [3.63, 3.8) is 0 Å². The van der Waals surface area contributed by atoms with Crippen molar-refractivity contribution in [1.82, 2.24) is 9.97 Å². The van der Waals surface area contributed by atoms with Crippen LogP contribution in [0.1, 0.15) is 22.9 Å². The Kier molecular flexibility index (Phi) is 5.07. The Balaban J connectivity index is 1.84. The van der Waals surface area contributed by atoms with E-state index in [0.717, 1.165) is 16.6 Å². The van der Waals surface area contributed by atoms with Gasteiger partial charge in [0.1, 0.15) is 17.1 Å². The lowest BCUT2D eigenvalue weighted by Gasteiger charge is -2.22. The highest BCUT2D eigenvalue weighted by atomic mass is 35.5. The summed E-state index contributed by atoms with van der Waals surface area (Å²) in [6.07, 6.45) is 1.67. The van der Waals surface area contributed by atoms with Crippen LogP contribution in [0, 0.1) is 6.92 Å². The van der Waals surface area contributed by atoms with E-state index >= 15 is 0 Å². The van der Waals surface area contributed by atoms with Crippen molar-refractivity contribution >= 4 is 39.9 Å². The minimum atomic E-state index is -0.350. The third-order valence-corrected chi connectivity index (χ3v) is 5.26. The first-order valence-corrected chi connectivity index (χ1v) is 9.50. The van der Waals surface area contributed by atoms with Crippen LogP contribution in [0.5, 0.6) is 5.75 Å². The van der Waals surface area contributed by atoms with Gasteiger partial charge in [-0.1, -0.05) is 53.5 Å². The first-order valence-electron chi connectivity index (χ1n) is 8.74. The minimum Gasteiger partial charge on any atom is -0.505 e. The van der Waals surface area contributed by atoms with E-state index in [9.17, 15) is 5.11 Å². The van der Waals surface area contributed by atoms with Gasteiger partial charge < -0.3 is 10.4 Å². The van der Waals surface area contributed by atoms with E-state index in [1.54, 1.807) is 12.3 Å². The smallest absolute Gasteiger partial charge is 0.147 e. The van der Waals surface area contributed by atoms with E-state index in [2.05, 4.69) is 15.3 Å². The number of aromatic nitrogens is 2. The van der Waals surface area contributed by atoms with Crippen LogP contribution in [0.4, 0.5) is 5.82 Å². The number of pyridine rings is 2. The Morgan fingerprint density at radius 3 is 2.50 bits per heavy atom. The van der Waals surface area contributed by atoms with Crippen molar-refractivity contribution in [1.29, 1.82) is 0 Å². The summed E-state index contributed by atoms with van der Waals surface area (Å²) in [4.78, 5) is 8.84. The van der Waals surface area contributed by atoms with E-state index in [0.29, 0.717) is 26.9 Å².